The van der Waals surface area contributed by atoms with Gasteiger partial charge in [-0.15, -0.1) is 0 Å². The van der Waals surface area contributed by atoms with Crippen molar-refractivity contribution in [3.05, 3.63) is 40.9 Å². The van der Waals surface area contributed by atoms with Crippen LogP contribution in [0.5, 0.6) is 5.75 Å². The number of amidine groups is 1. The van der Waals surface area contributed by atoms with E-state index in [1.54, 1.807) is 18.9 Å². The number of rotatable bonds is 4. The topological polar surface area (TPSA) is 45.1 Å². The predicted molar refractivity (Wildman–Crippen MR) is 96.0 cm³/mol. The molecule has 1 fully saturated rings. The highest BCUT2D eigenvalue weighted by molar-refractivity contribution is 8.16. The Bertz CT molecular complexity index is 716. The molecule has 1 aromatic rings. The fraction of sp³-hybridized carbons (Fsp3) is 0.444. The van der Waals surface area contributed by atoms with Crippen molar-refractivity contribution in [3.63, 3.8) is 0 Å². The summed E-state index contributed by atoms with van der Waals surface area (Å²) >= 11 is 1.63. The van der Waals surface area contributed by atoms with Crippen LogP contribution >= 0.6 is 11.8 Å². The summed E-state index contributed by atoms with van der Waals surface area (Å²) in [5.74, 6) is 1.07. The minimum atomic E-state index is 0.120. The van der Waals surface area contributed by atoms with E-state index in [1.807, 2.05) is 23.1 Å². The van der Waals surface area contributed by atoms with E-state index >= 15 is 0 Å². The molecule has 0 bridgehead atoms. The van der Waals surface area contributed by atoms with E-state index in [9.17, 15) is 4.79 Å². The molecule has 0 aliphatic carbocycles. The number of hydrogen-bond donors (Lipinski definition) is 0. The fourth-order valence-corrected chi connectivity index (χ4v) is 4.66. The number of thioether (sulfide) groups is 1. The molecular weight excluding hydrogens is 322 g/mol. The van der Waals surface area contributed by atoms with Crippen molar-refractivity contribution < 1.29 is 9.53 Å². The van der Waals surface area contributed by atoms with Gasteiger partial charge in [-0.2, -0.15) is 0 Å². The van der Waals surface area contributed by atoms with Crippen LogP contribution in [0.1, 0.15) is 30.9 Å². The SMILES string of the molecule is COc1ccccc1[C@H]1CCCN1C(=O)CC1=CSC2=NCCN12. The van der Waals surface area contributed by atoms with Crippen LogP contribution < -0.4 is 4.74 Å². The monoisotopic (exact) mass is 343 g/mol. The van der Waals surface area contributed by atoms with E-state index in [4.69, 9.17) is 4.74 Å². The van der Waals surface area contributed by atoms with Gasteiger partial charge in [0.15, 0.2) is 5.17 Å². The van der Waals surface area contributed by atoms with Crippen molar-refractivity contribution in [2.75, 3.05) is 26.7 Å². The van der Waals surface area contributed by atoms with Gasteiger partial charge in [-0.3, -0.25) is 9.79 Å². The quantitative estimate of drug-likeness (QED) is 0.843. The highest BCUT2D eigenvalue weighted by Crippen LogP contribution is 2.38. The number of likely N-dealkylation sites (tertiary alicyclic amines) is 1. The normalized spacial score (nSPS) is 22.5. The molecule has 0 unspecified atom stereocenters. The van der Waals surface area contributed by atoms with Crippen LogP contribution in [-0.2, 0) is 4.79 Å². The van der Waals surface area contributed by atoms with Crippen LogP contribution in [-0.4, -0.2) is 47.6 Å². The lowest BCUT2D eigenvalue weighted by atomic mass is 10.0. The van der Waals surface area contributed by atoms with Crippen molar-refractivity contribution in [1.82, 2.24) is 9.80 Å². The third-order valence-corrected chi connectivity index (χ3v) is 5.80. The van der Waals surface area contributed by atoms with E-state index in [0.29, 0.717) is 6.42 Å². The van der Waals surface area contributed by atoms with Gasteiger partial charge < -0.3 is 14.5 Å². The highest BCUT2D eigenvalue weighted by Gasteiger charge is 2.34. The molecule has 1 atom stereocenters. The number of amides is 1. The van der Waals surface area contributed by atoms with Gasteiger partial charge in [0.05, 0.1) is 26.1 Å². The number of benzene rings is 1. The van der Waals surface area contributed by atoms with Gasteiger partial charge in [0.2, 0.25) is 5.91 Å². The fourth-order valence-electron chi connectivity index (χ4n) is 3.70. The summed E-state index contributed by atoms with van der Waals surface area (Å²) in [6, 6.07) is 8.15. The number of hydrogen-bond acceptors (Lipinski definition) is 5. The lowest BCUT2D eigenvalue weighted by Gasteiger charge is -2.27. The van der Waals surface area contributed by atoms with Crippen molar-refractivity contribution >= 4 is 22.8 Å². The predicted octanol–water partition coefficient (Wildman–Crippen LogP) is 3.01. The minimum Gasteiger partial charge on any atom is -0.496 e. The second-order valence-corrected chi connectivity index (χ2v) is 7.04. The van der Waals surface area contributed by atoms with Crippen LogP contribution in [0.3, 0.4) is 0 Å². The molecule has 0 aromatic heterocycles. The zero-order valence-corrected chi connectivity index (χ0v) is 14.6. The summed E-state index contributed by atoms with van der Waals surface area (Å²) in [4.78, 5) is 21.6. The van der Waals surface area contributed by atoms with Crippen LogP contribution in [0.25, 0.3) is 0 Å². The molecule has 3 aliphatic heterocycles. The van der Waals surface area contributed by atoms with Gasteiger partial charge in [-0.25, -0.2) is 0 Å². The number of para-hydroxylation sites is 1. The number of carbonyl (C=O) groups is 1. The molecule has 0 spiro atoms. The first-order valence-corrected chi connectivity index (χ1v) is 9.26. The molecule has 0 saturated carbocycles. The van der Waals surface area contributed by atoms with Crippen LogP contribution in [0.4, 0.5) is 0 Å². The van der Waals surface area contributed by atoms with Gasteiger partial charge >= 0.3 is 0 Å². The maximum atomic E-state index is 12.9. The maximum Gasteiger partial charge on any atom is 0.229 e. The summed E-state index contributed by atoms with van der Waals surface area (Å²) in [5.41, 5.74) is 2.20. The summed E-state index contributed by atoms with van der Waals surface area (Å²) in [7, 11) is 1.69. The molecule has 3 aliphatic rings. The zero-order valence-electron chi connectivity index (χ0n) is 13.8. The Balaban J connectivity index is 1.50. The number of carbonyl (C=O) groups excluding carboxylic acids is 1. The molecule has 24 heavy (non-hydrogen) atoms. The molecule has 126 valence electrons. The molecule has 1 saturated heterocycles. The van der Waals surface area contributed by atoms with Crippen LogP contribution in [0.2, 0.25) is 0 Å². The molecular formula is C18H21N3O2S. The zero-order chi connectivity index (χ0) is 16.5. The van der Waals surface area contributed by atoms with Crippen LogP contribution in [0, 0.1) is 0 Å². The largest absolute Gasteiger partial charge is 0.496 e. The van der Waals surface area contributed by atoms with Crippen molar-refractivity contribution in [1.29, 1.82) is 0 Å². The number of fused-ring (bicyclic) bond motifs is 1. The standard InChI is InChI=1S/C18H21N3O2S/c1-23-16-7-3-2-5-14(16)15-6-4-9-21(15)17(22)11-13-12-24-18-19-8-10-20(13)18/h2-3,5,7,12,15H,4,6,8-11H2,1H3/t15-/m1/s1. The van der Waals surface area contributed by atoms with Gasteiger partial charge in [0, 0.05) is 24.4 Å². The lowest BCUT2D eigenvalue weighted by Crippen LogP contribution is -2.33. The first-order chi connectivity index (χ1) is 11.8. The maximum absolute atomic E-state index is 12.9. The van der Waals surface area contributed by atoms with Gasteiger partial charge in [-0.1, -0.05) is 30.0 Å². The van der Waals surface area contributed by atoms with Crippen molar-refractivity contribution in [2.45, 2.75) is 25.3 Å². The Morgan fingerprint density at radius 1 is 1.38 bits per heavy atom. The molecule has 4 rings (SSSR count). The molecule has 5 nitrogen and oxygen atoms in total. The molecule has 1 aromatic carbocycles. The molecule has 6 heteroatoms. The number of methoxy groups -OCH3 is 1. The van der Waals surface area contributed by atoms with Crippen LogP contribution in [0.15, 0.2) is 40.4 Å². The number of ether oxygens (including phenoxy) is 1. The lowest BCUT2D eigenvalue weighted by molar-refractivity contribution is -0.131. The van der Waals surface area contributed by atoms with E-state index in [0.717, 1.165) is 54.7 Å². The summed E-state index contributed by atoms with van der Waals surface area (Å²) in [5, 5.41) is 3.12. The Morgan fingerprint density at radius 2 is 2.25 bits per heavy atom. The second kappa shape index (κ2) is 6.51. The van der Waals surface area contributed by atoms with Gasteiger partial charge in [0.25, 0.3) is 0 Å². The summed E-state index contributed by atoms with van der Waals surface area (Å²) in [6.07, 6.45) is 2.49. The Kier molecular flexibility index (Phi) is 4.22. The Morgan fingerprint density at radius 3 is 3.12 bits per heavy atom. The summed E-state index contributed by atoms with van der Waals surface area (Å²) < 4.78 is 5.50. The molecule has 0 N–H and O–H groups in total. The number of aliphatic imine (C=N–C) groups is 1. The molecule has 0 radical (unpaired) electrons. The minimum absolute atomic E-state index is 0.120. The average molecular weight is 343 g/mol. The van der Waals surface area contributed by atoms with E-state index < -0.39 is 0 Å². The van der Waals surface area contributed by atoms with Gasteiger partial charge in [0.1, 0.15) is 5.75 Å². The molecule has 3 heterocycles. The first kappa shape index (κ1) is 15.6. The first-order valence-electron chi connectivity index (χ1n) is 8.38. The smallest absolute Gasteiger partial charge is 0.229 e. The van der Waals surface area contributed by atoms with Gasteiger partial charge in [-0.05, 0) is 24.3 Å². The molecule has 1 amide bonds. The Hall–Kier alpha value is -1.95. The summed E-state index contributed by atoms with van der Waals surface area (Å²) in [6.45, 7) is 2.56. The third kappa shape index (κ3) is 2.69. The van der Waals surface area contributed by atoms with Crippen molar-refractivity contribution in [3.8, 4) is 5.75 Å². The van der Waals surface area contributed by atoms with E-state index in [2.05, 4.69) is 21.4 Å². The number of nitrogens with zero attached hydrogens (tertiary/aromatic N) is 3. The second-order valence-electron chi connectivity index (χ2n) is 6.21. The van der Waals surface area contributed by atoms with E-state index in [1.165, 1.54) is 0 Å². The third-order valence-electron chi connectivity index (χ3n) is 4.85. The van der Waals surface area contributed by atoms with Crippen molar-refractivity contribution in [2.24, 2.45) is 4.99 Å². The Labute approximate surface area is 146 Å². The highest BCUT2D eigenvalue weighted by atomic mass is 32.2. The average Bonchev–Trinajstić information content (AvgIpc) is 3.32. The van der Waals surface area contributed by atoms with E-state index in [-0.39, 0.29) is 11.9 Å².